The Balaban J connectivity index is 1.98. The molecule has 1 aromatic carbocycles. The van der Waals surface area contributed by atoms with Crippen molar-refractivity contribution in [2.75, 3.05) is 32.7 Å². The highest BCUT2D eigenvalue weighted by molar-refractivity contribution is 5.41. The van der Waals surface area contributed by atoms with Gasteiger partial charge in [0.2, 0.25) is 0 Å². The van der Waals surface area contributed by atoms with Crippen LogP contribution in [0.5, 0.6) is 0 Å². The van der Waals surface area contributed by atoms with Gasteiger partial charge in [-0.1, -0.05) is 30.0 Å². The van der Waals surface area contributed by atoms with Gasteiger partial charge in [-0.2, -0.15) is 0 Å². The fourth-order valence-electron chi connectivity index (χ4n) is 2.74. The van der Waals surface area contributed by atoms with Gasteiger partial charge in [-0.3, -0.25) is 9.80 Å². The summed E-state index contributed by atoms with van der Waals surface area (Å²) in [6.07, 6.45) is 0. The van der Waals surface area contributed by atoms with E-state index in [1.807, 2.05) is 6.07 Å². The topological polar surface area (TPSA) is 32.5 Å². The van der Waals surface area contributed by atoms with E-state index < -0.39 is 0 Å². The van der Waals surface area contributed by atoms with E-state index >= 15 is 0 Å². The van der Waals surface area contributed by atoms with E-state index in [-0.39, 0.29) is 5.54 Å². The van der Waals surface area contributed by atoms with Crippen LogP contribution in [-0.2, 0) is 6.54 Å². The van der Waals surface area contributed by atoms with E-state index in [1.54, 1.807) is 0 Å². The zero-order valence-electron chi connectivity index (χ0n) is 13.5. The van der Waals surface area contributed by atoms with Crippen molar-refractivity contribution >= 4 is 0 Å². The molecule has 2 N–H and O–H groups in total. The second-order valence-corrected chi connectivity index (χ2v) is 6.60. The zero-order valence-corrected chi connectivity index (χ0v) is 13.5. The molecule has 0 amide bonds. The first-order valence-corrected chi connectivity index (χ1v) is 7.75. The molecule has 21 heavy (non-hydrogen) atoms. The molecule has 1 fully saturated rings. The van der Waals surface area contributed by atoms with Crippen molar-refractivity contribution in [2.45, 2.75) is 32.9 Å². The van der Waals surface area contributed by atoms with Crippen LogP contribution < -0.4 is 5.73 Å². The normalized spacial score (nSPS) is 17.3. The smallest absolute Gasteiger partial charge is 0.0555 e. The third kappa shape index (κ3) is 4.57. The number of benzene rings is 1. The van der Waals surface area contributed by atoms with Gasteiger partial charge in [0, 0.05) is 43.8 Å². The summed E-state index contributed by atoms with van der Waals surface area (Å²) in [5.41, 5.74) is 8.17. The molecule has 1 aromatic rings. The van der Waals surface area contributed by atoms with Gasteiger partial charge < -0.3 is 5.73 Å². The second kappa shape index (κ2) is 7.09. The highest BCUT2D eigenvalue weighted by Crippen LogP contribution is 2.18. The minimum Gasteiger partial charge on any atom is -0.320 e. The monoisotopic (exact) mass is 285 g/mol. The lowest BCUT2D eigenvalue weighted by atomic mass is 10.0. The summed E-state index contributed by atoms with van der Waals surface area (Å²) in [7, 11) is 0. The van der Waals surface area contributed by atoms with Gasteiger partial charge in [-0.25, -0.2) is 0 Å². The molecule has 0 atom stereocenters. The van der Waals surface area contributed by atoms with Crippen molar-refractivity contribution in [1.29, 1.82) is 0 Å². The van der Waals surface area contributed by atoms with Gasteiger partial charge in [0.1, 0.15) is 0 Å². The molecule has 1 aliphatic heterocycles. The molecule has 0 unspecified atom stereocenters. The Morgan fingerprint density at radius 2 is 1.76 bits per heavy atom. The molecule has 1 saturated heterocycles. The Kier molecular flexibility index (Phi) is 5.41. The molecule has 0 spiro atoms. The molecule has 0 aromatic heterocycles. The van der Waals surface area contributed by atoms with Gasteiger partial charge in [0.05, 0.1) is 6.54 Å². The first-order chi connectivity index (χ1) is 10.0. The fourth-order valence-corrected chi connectivity index (χ4v) is 2.74. The van der Waals surface area contributed by atoms with Crippen molar-refractivity contribution in [2.24, 2.45) is 5.73 Å². The van der Waals surface area contributed by atoms with E-state index in [0.717, 1.165) is 38.3 Å². The molecule has 2 rings (SSSR count). The molecule has 1 aliphatic rings. The lowest BCUT2D eigenvalue weighted by molar-refractivity contribution is 0.0590. The Labute approximate surface area is 129 Å². The number of nitrogens with zero attached hydrogens (tertiary/aromatic N) is 2. The van der Waals surface area contributed by atoms with E-state index in [0.29, 0.717) is 6.54 Å². The highest BCUT2D eigenvalue weighted by atomic mass is 15.3. The van der Waals surface area contributed by atoms with Crippen molar-refractivity contribution in [3.05, 3.63) is 35.4 Å². The molecule has 0 radical (unpaired) electrons. The molecule has 0 aliphatic carbocycles. The lowest BCUT2D eigenvalue weighted by Gasteiger charge is -2.42. The highest BCUT2D eigenvalue weighted by Gasteiger charge is 2.25. The van der Waals surface area contributed by atoms with Gasteiger partial charge >= 0.3 is 0 Å². The first-order valence-electron chi connectivity index (χ1n) is 7.75. The summed E-state index contributed by atoms with van der Waals surface area (Å²) in [5, 5.41) is 0. The molecule has 3 nitrogen and oxygen atoms in total. The van der Waals surface area contributed by atoms with Crippen LogP contribution in [0.15, 0.2) is 24.3 Å². The SMILES string of the molecule is CC(C)(C)N1CCN(Cc2ccccc2C#CCN)CC1. The summed E-state index contributed by atoms with van der Waals surface area (Å²) in [5.74, 6) is 6.14. The van der Waals surface area contributed by atoms with Crippen LogP contribution in [0.4, 0.5) is 0 Å². The summed E-state index contributed by atoms with van der Waals surface area (Å²) in [6, 6.07) is 8.40. The van der Waals surface area contributed by atoms with E-state index in [9.17, 15) is 0 Å². The van der Waals surface area contributed by atoms with Crippen LogP contribution in [0.2, 0.25) is 0 Å². The number of rotatable bonds is 2. The van der Waals surface area contributed by atoms with E-state index in [2.05, 4.69) is 60.6 Å². The standard InChI is InChI=1S/C18H27N3/c1-18(2,3)21-13-11-20(12-14-21)15-17-8-5-4-7-16(17)9-6-10-19/h4-5,7-8H,10-15,19H2,1-3H3. The first kappa shape index (κ1) is 16.0. The molecular weight excluding hydrogens is 258 g/mol. The Bertz CT molecular complexity index is 511. The van der Waals surface area contributed by atoms with E-state index in [1.165, 1.54) is 5.56 Å². The van der Waals surface area contributed by atoms with Crippen LogP contribution in [0.3, 0.4) is 0 Å². The summed E-state index contributed by atoms with van der Waals surface area (Å²) in [6.45, 7) is 12.8. The summed E-state index contributed by atoms with van der Waals surface area (Å²) in [4.78, 5) is 5.08. The molecule has 1 heterocycles. The van der Waals surface area contributed by atoms with Gasteiger partial charge in [-0.15, -0.1) is 0 Å². The van der Waals surface area contributed by atoms with Crippen LogP contribution >= 0.6 is 0 Å². The lowest BCUT2D eigenvalue weighted by Crippen LogP contribution is -2.53. The van der Waals surface area contributed by atoms with Gasteiger partial charge in [0.25, 0.3) is 0 Å². The minimum atomic E-state index is 0.274. The maximum atomic E-state index is 5.48. The number of piperazine rings is 1. The van der Waals surface area contributed by atoms with Crippen molar-refractivity contribution < 1.29 is 0 Å². The molecule has 0 saturated carbocycles. The third-order valence-electron chi connectivity index (χ3n) is 4.06. The molecule has 114 valence electrons. The number of hydrogen-bond donors (Lipinski definition) is 1. The van der Waals surface area contributed by atoms with Crippen LogP contribution in [-0.4, -0.2) is 48.1 Å². The zero-order chi connectivity index (χ0) is 15.3. The fraction of sp³-hybridized carbons (Fsp3) is 0.556. The summed E-state index contributed by atoms with van der Waals surface area (Å²) < 4.78 is 0. The van der Waals surface area contributed by atoms with Crippen LogP contribution in [0.1, 0.15) is 31.9 Å². The average molecular weight is 285 g/mol. The molecule has 0 bridgehead atoms. The molecule has 3 heteroatoms. The van der Waals surface area contributed by atoms with Crippen molar-refractivity contribution in [3.8, 4) is 11.8 Å². The van der Waals surface area contributed by atoms with E-state index in [4.69, 9.17) is 5.73 Å². The quantitative estimate of drug-likeness (QED) is 0.843. The summed E-state index contributed by atoms with van der Waals surface area (Å²) >= 11 is 0. The van der Waals surface area contributed by atoms with Gasteiger partial charge in [-0.05, 0) is 32.4 Å². The maximum absolute atomic E-state index is 5.48. The number of hydrogen-bond acceptors (Lipinski definition) is 3. The Morgan fingerprint density at radius 1 is 1.10 bits per heavy atom. The van der Waals surface area contributed by atoms with Crippen LogP contribution in [0.25, 0.3) is 0 Å². The predicted octanol–water partition coefficient (Wildman–Crippen LogP) is 1.91. The second-order valence-electron chi connectivity index (χ2n) is 6.60. The minimum absolute atomic E-state index is 0.274. The Hall–Kier alpha value is -1.34. The largest absolute Gasteiger partial charge is 0.320 e. The van der Waals surface area contributed by atoms with Crippen molar-refractivity contribution in [3.63, 3.8) is 0 Å². The third-order valence-corrected chi connectivity index (χ3v) is 4.06. The average Bonchev–Trinajstić information content (AvgIpc) is 2.46. The maximum Gasteiger partial charge on any atom is 0.0555 e. The number of nitrogens with two attached hydrogens (primary N) is 1. The predicted molar refractivity (Wildman–Crippen MR) is 89.0 cm³/mol. The van der Waals surface area contributed by atoms with Crippen LogP contribution in [0, 0.1) is 11.8 Å². The molecular formula is C18H27N3. The van der Waals surface area contributed by atoms with Gasteiger partial charge in [0.15, 0.2) is 0 Å². The Morgan fingerprint density at radius 3 is 2.38 bits per heavy atom. The van der Waals surface area contributed by atoms with Crippen molar-refractivity contribution in [1.82, 2.24) is 9.80 Å².